The molecule has 0 heterocycles. The highest BCUT2D eigenvalue weighted by Crippen LogP contribution is 2.36. The van der Waals surface area contributed by atoms with E-state index in [9.17, 15) is 4.79 Å². The van der Waals surface area contributed by atoms with Gasteiger partial charge in [-0.25, -0.2) is 0 Å². The van der Waals surface area contributed by atoms with Gasteiger partial charge in [0.2, 0.25) is 0 Å². The number of rotatable bonds is 3. The Morgan fingerprint density at radius 2 is 1.90 bits per heavy atom. The fourth-order valence-electron chi connectivity index (χ4n) is 2.80. The van der Waals surface area contributed by atoms with E-state index in [0.29, 0.717) is 22.0 Å². The molecule has 1 saturated carbocycles. The molecule has 1 aromatic rings. The van der Waals surface area contributed by atoms with Crippen LogP contribution in [0, 0.1) is 5.41 Å². The Morgan fingerprint density at radius 3 is 2.48 bits per heavy atom. The van der Waals surface area contributed by atoms with Gasteiger partial charge in [0.15, 0.2) is 0 Å². The smallest absolute Gasteiger partial charge is 0.254 e. The van der Waals surface area contributed by atoms with E-state index in [4.69, 9.17) is 11.6 Å². The number of benzene rings is 1. The van der Waals surface area contributed by atoms with Crippen LogP contribution >= 0.6 is 11.6 Å². The first-order chi connectivity index (χ1) is 9.78. The summed E-state index contributed by atoms with van der Waals surface area (Å²) in [5, 5.41) is 4.05. The zero-order valence-corrected chi connectivity index (χ0v) is 14.1. The van der Waals surface area contributed by atoms with Crippen molar-refractivity contribution in [3.05, 3.63) is 28.8 Å². The molecule has 0 spiro atoms. The van der Waals surface area contributed by atoms with Crippen molar-refractivity contribution in [3.63, 3.8) is 0 Å². The zero-order valence-electron chi connectivity index (χ0n) is 13.4. The summed E-state index contributed by atoms with van der Waals surface area (Å²) < 4.78 is 0. The molecule has 1 aliphatic rings. The summed E-state index contributed by atoms with van der Waals surface area (Å²) in [6.07, 6.45) is 4.82. The molecule has 1 N–H and O–H groups in total. The first-order valence-electron chi connectivity index (χ1n) is 7.56. The molecule has 4 heteroatoms. The largest absolute Gasteiger partial charge is 0.382 e. The minimum Gasteiger partial charge on any atom is -0.382 e. The van der Waals surface area contributed by atoms with Crippen molar-refractivity contribution in [2.45, 2.75) is 45.6 Å². The van der Waals surface area contributed by atoms with Crippen molar-refractivity contribution < 1.29 is 4.79 Å². The molecule has 1 aromatic carbocycles. The van der Waals surface area contributed by atoms with Crippen LogP contribution < -0.4 is 5.32 Å². The van der Waals surface area contributed by atoms with Crippen molar-refractivity contribution in [2.24, 2.45) is 5.41 Å². The maximum absolute atomic E-state index is 12.1. The zero-order chi connectivity index (χ0) is 15.6. The molecule has 0 bridgehead atoms. The fourth-order valence-corrected chi connectivity index (χ4v) is 3.00. The van der Waals surface area contributed by atoms with E-state index in [1.807, 2.05) is 12.1 Å². The number of carbonyl (C=O) groups is 1. The average molecular weight is 309 g/mol. The van der Waals surface area contributed by atoms with Crippen LogP contribution in [-0.4, -0.2) is 30.9 Å². The summed E-state index contributed by atoms with van der Waals surface area (Å²) in [6.45, 7) is 4.67. The van der Waals surface area contributed by atoms with Gasteiger partial charge in [0.1, 0.15) is 0 Å². The predicted octanol–water partition coefficient (Wildman–Crippen LogP) is 4.42. The number of hydrogen-bond acceptors (Lipinski definition) is 2. The van der Waals surface area contributed by atoms with E-state index in [1.165, 1.54) is 25.7 Å². The van der Waals surface area contributed by atoms with Crippen LogP contribution in [0.3, 0.4) is 0 Å². The van der Waals surface area contributed by atoms with Gasteiger partial charge in [-0.05, 0) is 49.3 Å². The van der Waals surface area contributed by atoms with Crippen LogP contribution in [0.15, 0.2) is 18.2 Å². The average Bonchev–Trinajstić information content (AvgIpc) is 2.42. The molecule has 21 heavy (non-hydrogen) atoms. The molecule has 0 aliphatic heterocycles. The maximum atomic E-state index is 12.1. The van der Waals surface area contributed by atoms with Crippen molar-refractivity contribution in [3.8, 4) is 0 Å². The van der Waals surface area contributed by atoms with E-state index in [2.05, 4.69) is 19.2 Å². The fraction of sp³-hybridized carbons (Fsp3) is 0.588. The minimum atomic E-state index is -0.0616. The Balaban J connectivity index is 2.08. The number of nitrogens with one attached hydrogen (secondary N) is 1. The summed E-state index contributed by atoms with van der Waals surface area (Å²) in [5.74, 6) is -0.0616. The first-order valence-corrected chi connectivity index (χ1v) is 7.94. The Bertz CT molecular complexity index is 516. The van der Waals surface area contributed by atoms with Gasteiger partial charge in [-0.1, -0.05) is 25.4 Å². The predicted molar refractivity (Wildman–Crippen MR) is 89.1 cm³/mol. The van der Waals surface area contributed by atoms with Crippen molar-refractivity contribution >= 4 is 23.2 Å². The summed E-state index contributed by atoms with van der Waals surface area (Å²) in [6, 6.07) is 6.10. The van der Waals surface area contributed by atoms with Crippen LogP contribution in [-0.2, 0) is 0 Å². The summed E-state index contributed by atoms with van der Waals surface area (Å²) in [7, 11) is 3.48. The molecule has 0 saturated heterocycles. The second kappa shape index (κ2) is 6.27. The number of nitrogens with zero attached hydrogens (tertiary/aromatic N) is 1. The highest BCUT2D eigenvalue weighted by atomic mass is 35.5. The standard InChI is InChI=1S/C17H25ClN2O/c1-17(2)9-7-12(8-10-17)19-13-5-6-15(18)14(11-13)16(21)20(3)4/h5-6,11-12,19H,7-10H2,1-4H3. The normalized spacial score (nSPS) is 18.3. The molecule has 0 unspecified atom stereocenters. The Hall–Kier alpha value is -1.22. The summed E-state index contributed by atoms with van der Waals surface area (Å²) in [4.78, 5) is 13.7. The van der Waals surface area contributed by atoms with Crippen LogP contribution in [0.2, 0.25) is 5.02 Å². The molecule has 2 rings (SSSR count). The number of hydrogen-bond donors (Lipinski definition) is 1. The van der Waals surface area contributed by atoms with Crippen molar-refractivity contribution in [2.75, 3.05) is 19.4 Å². The highest BCUT2D eigenvalue weighted by Gasteiger charge is 2.26. The Kier molecular flexibility index (Phi) is 4.82. The summed E-state index contributed by atoms with van der Waals surface area (Å²) >= 11 is 6.14. The molecular formula is C17H25ClN2O. The number of anilines is 1. The lowest BCUT2D eigenvalue weighted by molar-refractivity contribution is 0.0828. The maximum Gasteiger partial charge on any atom is 0.254 e. The van der Waals surface area contributed by atoms with Crippen LogP contribution in [0.5, 0.6) is 0 Å². The van der Waals surface area contributed by atoms with E-state index >= 15 is 0 Å². The molecule has 116 valence electrons. The molecule has 1 aliphatic carbocycles. The molecule has 3 nitrogen and oxygen atoms in total. The third-order valence-electron chi connectivity index (χ3n) is 4.31. The van der Waals surface area contributed by atoms with Crippen LogP contribution in [0.25, 0.3) is 0 Å². The quantitative estimate of drug-likeness (QED) is 0.896. The first kappa shape index (κ1) is 16.2. The monoisotopic (exact) mass is 308 g/mol. The third kappa shape index (κ3) is 4.13. The number of amides is 1. The lowest BCUT2D eigenvalue weighted by Crippen LogP contribution is -2.30. The van der Waals surface area contributed by atoms with Gasteiger partial charge in [-0.15, -0.1) is 0 Å². The van der Waals surface area contributed by atoms with Crippen molar-refractivity contribution in [1.82, 2.24) is 4.90 Å². The van der Waals surface area contributed by atoms with Gasteiger partial charge in [0.25, 0.3) is 5.91 Å². The van der Waals surface area contributed by atoms with E-state index < -0.39 is 0 Å². The second-order valence-corrected chi connectivity index (χ2v) is 7.38. The molecule has 0 aromatic heterocycles. The lowest BCUT2D eigenvalue weighted by atomic mass is 9.75. The van der Waals surface area contributed by atoms with Gasteiger partial charge in [0.05, 0.1) is 10.6 Å². The molecule has 1 fully saturated rings. The van der Waals surface area contributed by atoms with Crippen LogP contribution in [0.1, 0.15) is 49.9 Å². The summed E-state index contributed by atoms with van der Waals surface area (Å²) in [5.41, 5.74) is 2.00. The molecular weight excluding hydrogens is 284 g/mol. The van der Waals surface area contributed by atoms with Crippen LogP contribution in [0.4, 0.5) is 5.69 Å². The lowest BCUT2D eigenvalue weighted by Gasteiger charge is -2.35. The van der Waals surface area contributed by atoms with E-state index in [0.717, 1.165) is 5.69 Å². The van der Waals surface area contributed by atoms with Gasteiger partial charge >= 0.3 is 0 Å². The molecule has 0 atom stereocenters. The third-order valence-corrected chi connectivity index (χ3v) is 4.64. The van der Waals surface area contributed by atoms with Gasteiger partial charge in [-0.3, -0.25) is 4.79 Å². The van der Waals surface area contributed by atoms with E-state index in [-0.39, 0.29) is 5.91 Å². The molecule has 1 amide bonds. The SMILES string of the molecule is CN(C)C(=O)c1cc(NC2CCC(C)(C)CC2)ccc1Cl. The Morgan fingerprint density at radius 1 is 1.29 bits per heavy atom. The van der Waals surface area contributed by atoms with Gasteiger partial charge in [-0.2, -0.15) is 0 Å². The van der Waals surface area contributed by atoms with Gasteiger partial charge < -0.3 is 10.2 Å². The van der Waals surface area contributed by atoms with E-state index in [1.54, 1.807) is 25.1 Å². The minimum absolute atomic E-state index is 0.0616. The second-order valence-electron chi connectivity index (χ2n) is 6.98. The molecule has 0 radical (unpaired) electrons. The topological polar surface area (TPSA) is 32.3 Å². The number of carbonyl (C=O) groups excluding carboxylic acids is 1. The van der Waals surface area contributed by atoms with Crippen molar-refractivity contribution in [1.29, 1.82) is 0 Å². The highest BCUT2D eigenvalue weighted by molar-refractivity contribution is 6.34. The Labute approximate surface area is 132 Å². The van der Waals surface area contributed by atoms with Gasteiger partial charge in [0, 0.05) is 25.8 Å². The number of halogens is 1.